The van der Waals surface area contributed by atoms with Crippen molar-refractivity contribution >= 4 is 44.9 Å². The largest absolute Gasteiger partial charge is 0.393 e. The lowest BCUT2D eigenvalue weighted by Crippen LogP contribution is -2.62. The monoisotopic (exact) mass is 523 g/mol. The van der Waals surface area contributed by atoms with Gasteiger partial charge in [0.1, 0.15) is 5.60 Å². The van der Waals surface area contributed by atoms with E-state index in [4.69, 9.17) is 0 Å². The summed E-state index contributed by atoms with van der Waals surface area (Å²) in [5.74, 6) is 0.590. The molecule has 3 fully saturated rings. The predicted molar refractivity (Wildman–Crippen MR) is 143 cm³/mol. The molecule has 7 heteroatoms. The minimum atomic E-state index is -1.45. The van der Waals surface area contributed by atoms with Crippen molar-refractivity contribution in [2.45, 2.75) is 62.5 Å². The number of thiazole rings is 1. The van der Waals surface area contributed by atoms with Gasteiger partial charge in [-0.15, -0.1) is 11.3 Å². The van der Waals surface area contributed by atoms with Crippen molar-refractivity contribution in [3.8, 4) is 0 Å². The Morgan fingerprint density at radius 2 is 2.06 bits per heavy atom. The average Bonchev–Trinajstić information content (AvgIpc) is 3.37. The summed E-state index contributed by atoms with van der Waals surface area (Å²) in [6.07, 6.45) is 7.26. The van der Waals surface area contributed by atoms with Crippen LogP contribution in [0, 0.1) is 34.5 Å². The van der Waals surface area contributed by atoms with E-state index in [0.717, 1.165) is 33.0 Å². The predicted octanol–water partition coefficient (Wildman–Crippen LogP) is 5.21. The number of fused-ring (bicyclic) bond motifs is 6. The van der Waals surface area contributed by atoms with Crippen LogP contribution in [0.15, 0.2) is 52.4 Å². The van der Waals surface area contributed by atoms with E-state index in [1.54, 1.807) is 23.5 Å². The van der Waals surface area contributed by atoms with E-state index in [1.807, 2.05) is 37.3 Å². The molecule has 0 bridgehead atoms. The summed E-state index contributed by atoms with van der Waals surface area (Å²) in [7, 11) is 0. The molecule has 1 aromatic carbocycles. The van der Waals surface area contributed by atoms with Crippen molar-refractivity contribution in [2.75, 3.05) is 5.75 Å². The molecule has 0 amide bonds. The van der Waals surface area contributed by atoms with Crippen LogP contribution < -0.4 is 0 Å². The fourth-order valence-corrected chi connectivity index (χ4v) is 10.4. The van der Waals surface area contributed by atoms with E-state index in [0.29, 0.717) is 12.8 Å². The number of thioether (sulfide) groups is 1. The average molecular weight is 524 g/mol. The van der Waals surface area contributed by atoms with Gasteiger partial charge < -0.3 is 10.2 Å². The second kappa shape index (κ2) is 8.35. The number of Topliss-reactive ketones (excluding diaryl/α,β-unsaturated/α-hetero) is 1. The highest BCUT2D eigenvalue weighted by Crippen LogP contribution is 2.67. The van der Waals surface area contributed by atoms with Gasteiger partial charge in [0.25, 0.3) is 0 Å². The number of nitrogens with zero attached hydrogens (tertiary/aromatic N) is 1. The molecular weight excluding hydrogens is 490 g/mol. The number of hydrogen-bond donors (Lipinski definition) is 2. The number of aromatic nitrogens is 1. The molecule has 0 radical (unpaired) electrons. The van der Waals surface area contributed by atoms with E-state index >= 15 is 0 Å². The van der Waals surface area contributed by atoms with Crippen molar-refractivity contribution in [2.24, 2.45) is 34.5 Å². The third-order valence-electron chi connectivity index (χ3n) is 10.0. The zero-order chi connectivity index (χ0) is 25.5. The van der Waals surface area contributed by atoms with Crippen molar-refractivity contribution in [1.29, 1.82) is 0 Å². The van der Waals surface area contributed by atoms with Crippen LogP contribution in [-0.4, -0.2) is 44.2 Å². The van der Waals surface area contributed by atoms with E-state index in [1.165, 1.54) is 11.8 Å². The molecule has 4 aliphatic rings. The van der Waals surface area contributed by atoms with Crippen LogP contribution in [0.1, 0.15) is 46.5 Å². The van der Waals surface area contributed by atoms with Gasteiger partial charge in [0, 0.05) is 16.7 Å². The van der Waals surface area contributed by atoms with Crippen LogP contribution >= 0.6 is 23.1 Å². The number of aliphatic hydroxyl groups is 2. The Labute approximate surface area is 220 Å². The summed E-state index contributed by atoms with van der Waals surface area (Å²) in [5.41, 5.74) is -0.451. The van der Waals surface area contributed by atoms with E-state index in [-0.39, 0.29) is 46.4 Å². The number of benzene rings is 1. The Balaban J connectivity index is 1.26. The Bertz CT molecular complexity index is 1280. The number of carbonyl (C=O) groups excluding carboxylic acids is 2. The maximum Gasteiger partial charge on any atom is 0.178 e. The summed E-state index contributed by atoms with van der Waals surface area (Å²) in [6, 6.07) is 7.93. The molecule has 0 spiro atoms. The van der Waals surface area contributed by atoms with Crippen LogP contribution in [0.2, 0.25) is 0 Å². The molecule has 4 aliphatic carbocycles. The SMILES string of the molecule is C[C@H]1CC2C([C@@H](O)CC3(C)C2CC[C@]3(O)C(=O)CSc2nc3ccccc3s2)C2(C)C=CC(=O)C=C12. The highest BCUT2D eigenvalue weighted by Gasteiger charge is 2.68. The molecule has 8 atom stereocenters. The molecule has 190 valence electrons. The van der Waals surface area contributed by atoms with E-state index in [9.17, 15) is 19.8 Å². The first-order valence-corrected chi connectivity index (χ1v) is 14.7. The lowest BCUT2D eigenvalue weighted by molar-refractivity contribution is -0.176. The Morgan fingerprint density at radius 1 is 1.28 bits per heavy atom. The molecule has 5 nitrogen and oxygen atoms in total. The Hall–Kier alpha value is -1.80. The number of rotatable bonds is 4. The first kappa shape index (κ1) is 24.5. The van der Waals surface area contributed by atoms with Gasteiger partial charge in [-0.05, 0) is 67.7 Å². The van der Waals surface area contributed by atoms with Crippen molar-refractivity contribution in [3.63, 3.8) is 0 Å². The van der Waals surface area contributed by atoms with Gasteiger partial charge in [-0.1, -0.05) is 56.3 Å². The number of carbonyl (C=O) groups is 2. The molecular formula is C29H33NO4S2. The summed E-state index contributed by atoms with van der Waals surface area (Å²) in [4.78, 5) is 30.4. The van der Waals surface area contributed by atoms with Gasteiger partial charge >= 0.3 is 0 Å². The normalized spacial score (nSPS) is 41.5. The first-order valence-electron chi connectivity index (χ1n) is 12.9. The number of para-hydroxylation sites is 1. The zero-order valence-corrected chi connectivity index (χ0v) is 22.6. The number of allylic oxidation sites excluding steroid dienone is 4. The fraction of sp³-hybridized carbons (Fsp3) is 0.552. The maximum absolute atomic E-state index is 13.6. The molecule has 1 heterocycles. The summed E-state index contributed by atoms with van der Waals surface area (Å²) in [6.45, 7) is 6.36. The summed E-state index contributed by atoms with van der Waals surface area (Å²) >= 11 is 2.97. The van der Waals surface area contributed by atoms with Gasteiger partial charge in [0.15, 0.2) is 15.9 Å². The van der Waals surface area contributed by atoms with Crippen LogP contribution in [0.25, 0.3) is 10.2 Å². The van der Waals surface area contributed by atoms with E-state index < -0.39 is 17.1 Å². The maximum atomic E-state index is 13.6. The van der Waals surface area contributed by atoms with Gasteiger partial charge in [-0.3, -0.25) is 9.59 Å². The molecule has 1 aromatic heterocycles. The van der Waals surface area contributed by atoms with Crippen molar-refractivity contribution in [3.05, 3.63) is 48.1 Å². The lowest BCUT2D eigenvalue weighted by Gasteiger charge is -2.60. The first-order chi connectivity index (χ1) is 17.1. The summed E-state index contributed by atoms with van der Waals surface area (Å²) < 4.78 is 1.93. The minimum Gasteiger partial charge on any atom is -0.393 e. The second-order valence-corrected chi connectivity index (χ2v) is 14.1. The molecule has 36 heavy (non-hydrogen) atoms. The topological polar surface area (TPSA) is 87.5 Å². The fourth-order valence-electron chi connectivity index (χ4n) is 8.37. The third-order valence-corrected chi connectivity index (χ3v) is 12.2. The summed E-state index contributed by atoms with van der Waals surface area (Å²) in [5, 5.41) is 23.6. The number of ketones is 2. The van der Waals surface area contributed by atoms with Crippen LogP contribution in [0.3, 0.4) is 0 Å². The van der Waals surface area contributed by atoms with Crippen LogP contribution in [0.5, 0.6) is 0 Å². The zero-order valence-electron chi connectivity index (χ0n) is 20.9. The van der Waals surface area contributed by atoms with Crippen LogP contribution in [0.4, 0.5) is 0 Å². The van der Waals surface area contributed by atoms with Gasteiger partial charge in [0.2, 0.25) is 0 Å². The standard InChI is InChI=1S/C29H33NO4S2/c1-16-12-18-19-9-11-29(34,24(33)15-35-26-30-21-6-4-5-7-23(21)36-26)28(19,3)14-22(32)25(18)27(2)10-8-17(31)13-20(16)27/h4-8,10,13,16,18-19,22,25,32,34H,9,11-12,14-15H2,1-3H3/t16-,18?,19?,22-,25?,27?,28?,29-/m0/s1. The van der Waals surface area contributed by atoms with E-state index in [2.05, 4.69) is 18.8 Å². The van der Waals surface area contributed by atoms with Crippen LogP contribution in [-0.2, 0) is 9.59 Å². The minimum absolute atomic E-state index is 0.0167. The molecule has 2 aromatic rings. The smallest absolute Gasteiger partial charge is 0.178 e. The molecule has 2 N–H and O–H groups in total. The molecule has 0 saturated heterocycles. The molecule has 0 aliphatic heterocycles. The van der Waals surface area contributed by atoms with Gasteiger partial charge in [0.05, 0.1) is 22.1 Å². The van der Waals surface area contributed by atoms with Crippen molar-refractivity contribution in [1.82, 2.24) is 4.98 Å². The van der Waals surface area contributed by atoms with Crippen molar-refractivity contribution < 1.29 is 19.8 Å². The Morgan fingerprint density at radius 3 is 2.83 bits per heavy atom. The Kier molecular flexibility index (Phi) is 5.69. The van der Waals surface area contributed by atoms with Gasteiger partial charge in [-0.25, -0.2) is 4.98 Å². The second-order valence-electron chi connectivity index (χ2n) is 11.8. The number of aliphatic hydroxyl groups excluding tert-OH is 1. The molecule has 6 rings (SSSR count). The quantitative estimate of drug-likeness (QED) is 0.535. The third kappa shape index (κ3) is 3.39. The lowest BCUT2D eigenvalue weighted by atomic mass is 9.45. The highest BCUT2D eigenvalue weighted by molar-refractivity contribution is 8.01. The highest BCUT2D eigenvalue weighted by atomic mass is 32.2. The number of hydrogen-bond acceptors (Lipinski definition) is 7. The molecule has 3 saturated carbocycles. The van der Waals surface area contributed by atoms with Gasteiger partial charge in [-0.2, -0.15) is 0 Å². The molecule has 5 unspecified atom stereocenters.